The van der Waals surface area contributed by atoms with Gasteiger partial charge in [0.15, 0.2) is 0 Å². The number of fused-ring (bicyclic) bond motifs is 1. The predicted molar refractivity (Wildman–Crippen MR) is 68.9 cm³/mol. The fourth-order valence-corrected chi connectivity index (χ4v) is 2.26. The van der Waals surface area contributed by atoms with E-state index in [4.69, 9.17) is 5.73 Å². The Labute approximate surface area is 114 Å². The summed E-state index contributed by atoms with van der Waals surface area (Å²) in [7, 11) is 0. The van der Waals surface area contributed by atoms with E-state index in [-0.39, 0.29) is 16.8 Å². The van der Waals surface area contributed by atoms with Gasteiger partial charge >= 0.3 is 0 Å². The van der Waals surface area contributed by atoms with Gasteiger partial charge in [-0.05, 0) is 24.1 Å². The van der Waals surface area contributed by atoms with Crippen LogP contribution in [0.4, 0.5) is 5.69 Å². The molecule has 7 nitrogen and oxygen atoms in total. The lowest BCUT2D eigenvalue weighted by atomic mass is 9.91. The van der Waals surface area contributed by atoms with E-state index in [1.807, 2.05) is 0 Å². The number of aliphatic hydroxyl groups is 2. The second kappa shape index (κ2) is 5.03. The van der Waals surface area contributed by atoms with Gasteiger partial charge in [-0.3, -0.25) is 14.4 Å². The quantitative estimate of drug-likeness (QED) is 0.546. The molecule has 0 spiro atoms. The zero-order valence-electron chi connectivity index (χ0n) is 10.7. The van der Waals surface area contributed by atoms with Gasteiger partial charge in [-0.15, -0.1) is 0 Å². The van der Waals surface area contributed by atoms with Gasteiger partial charge in [-0.25, -0.2) is 0 Å². The average molecular weight is 278 g/mol. The summed E-state index contributed by atoms with van der Waals surface area (Å²) >= 11 is 0. The Kier molecular flexibility index (Phi) is 3.56. The highest BCUT2D eigenvalue weighted by Crippen LogP contribution is 2.34. The number of benzene rings is 1. The maximum Gasteiger partial charge on any atom is 0.296 e. The molecule has 0 saturated heterocycles. The van der Waals surface area contributed by atoms with Crippen LogP contribution in [0.25, 0.3) is 0 Å². The largest absolute Gasteiger partial charge is 0.390 e. The molecule has 7 heteroatoms. The summed E-state index contributed by atoms with van der Waals surface area (Å²) in [6.07, 6.45) is -3.37. The van der Waals surface area contributed by atoms with Gasteiger partial charge in [0.2, 0.25) is 5.91 Å². The molecule has 0 radical (unpaired) electrons. The summed E-state index contributed by atoms with van der Waals surface area (Å²) in [5, 5.41) is 22.3. The predicted octanol–water partition coefficient (Wildman–Crippen LogP) is -0.600. The topological polar surface area (TPSA) is 130 Å². The number of ketones is 1. The molecular formula is C13H14N2O5. The van der Waals surface area contributed by atoms with Crippen LogP contribution in [0.3, 0.4) is 0 Å². The van der Waals surface area contributed by atoms with Crippen LogP contribution in [-0.4, -0.2) is 33.9 Å². The number of carbonyl (C=O) groups is 3. The molecule has 2 rings (SSSR count). The van der Waals surface area contributed by atoms with Gasteiger partial charge in [0.25, 0.3) is 11.7 Å². The molecule has 0 aliphatic carbocycles. The van der Waals surface area contributed by atoms with Gasteiger partial charge < -0.3 is 21.3 Å². The van der Waals surface area contributed by atoms with Crippen LogP contribution in [0.1, 0.15) is 34.0 Å². The van der Waals surface area contributed by atoms with Crippen LogP contribution in [-0.2, 0) is 9.59 Å². The zero-order chi connectivity index (χ0) is 15.0. The van der Waals surface area contributed by atoms with Crippen molar-refractivity contribution in [1.82, 2.24) is 0 Å². The fourth-order valence-electron chi connectivity index (χ4n) is 2.26. The lowest BCUT2D eigenvalue weighted by Gasteiger charge is -2.20. The SMILES string of the molecule is Cc1ccc2c(c1C(O)C(O)CC(N)=O)C(=O)C(=O)N2. The first kappa shape index (κ1) is 14.2. The molecule has 0 saturated carbocycles. The second-order valence-electron chi connectivity index (χ2n) is 4.68. The molecule has 1 aromatic rings. The summed E-state index contributed by atoms with van der Waals surface area (Å²) in [4.78, 5) is 34.0. The summed E-state index contributed by atoms with van der Waals surface area (Å²) in [5.41, 5.74) is 5.95. The minimum absolute atomic E-state index is 0.0334. The van der Waals surface area contributed by atoms with E-state index in [2.05, 4.69) is 5.32 Å². The van der Waals surface area contributed by atoms with Gasteiger partial charge in [-0.2, -0.15) is 0 Å². The van der Waals surface area contributed by atoms with Crippen LogP contribution < -0.4 is 11.1 Å². The van der Waals surface area contributed by atoms with E-state index >= 15 is 0 Å². The monoisotopic (exact) mass is 278 g/mol. The van der Waals surface area contributed by atoms with Crippen LogP contribution in [0.5, 0.6) is 0 Å². The van der Waals surface area contributed by atoms with Gasteiger partial charge in [0.1, 0.15) is 6.10 Å². The fraction of sp³-hybridized carbons (Fsp3) is 0.308. The second-order valence-corrected chi connectivity index (χ2v) is 4.68. The van der Waals surface area contributed by atoms with E-state index in [0.29, 0.717) is 5.56 Å². The highest BCUT2D eigenvalue weighted by Gasteiger charge is 2.35. The number of hydrogen-bond donors (Lipinski definition) is 4. The lowest BCUT2D eigenvalue weighted by molar-refractivity contribution is -0.121. The maximum absolute atomic E-state index is 11.8. The Morgan fingerprint density at radius 2 is 2.00 bits per heavy atom. The molecule has 20 heavy (non-hydrogen) atoms. The van der Waals surface area contributed by atoms with E-state index in [1.54, 1.807) is 19.1 Å². The van der Waals surface area contributed by atoms with Crippen LogP contribution in [0, 0.1) is 6.92 Å². The van der Waals surface area contributed by atoms with Crippen molar-refractivity contribution < 1.29 is 24.6 Å². The van der Waals surface area contributed by atoms with Crippen molar-refractivity contribution in [1.29, 1.82) is 0 Å². The minimum Gasteiger partial charge on any atom is -0.390 e. The van der Waals surface area contributed by atoms with Crippen molar-refractivity contribution in [3.8, 4) is 0 Å². The summed E-state index contributed by atoms with van der Waals surface area (Å²) in [5.74, 6) is -2.34. The van der Waals surface area contributed by atoms with Crippen LogP contribution >= 0.6 is 0 Å². The molecule has 0 aromatic heterocycles. The molecule has 5 N–H and O–H groups in total. The number of rotatable bonds is 4. The molecule has 106 valence electrons. The first-order chi connectivity index (χ1) is 9.32. The summed E-state index contributed by atoms with van der Waals surface area (Å²) in [6.45, 7) is 1.63. The Balaban J connectivity index is 2.47. The third kappa shape index (κ3) is 2.28. The standard InChI is InChI=1S/C13H14N2O5/c1-5-2-3-6-10(12(19)13(20)15-6)9(5)11(18)7(16)4-8(14)17/h2-3,7,11,16,18H,4H2,1H3,(H2,14,17)(H,15,19,20). The third-order valence-electron chi connectivity index (χ3n) is 3.22. The van der Waals surface area contributed by atoms with Gasteiger partial charge in [0, 0.05) is 0 Å². The Morgan fingerprint density at radius 1 is 1.35 bits per heavy atom. The minimum atomic E-state index is -1.48. The number of carbonyl (C=O) groups excluding carboxylic acids is 3. The molecule has 2 atom stereocenters. The number of primary amides is 1. The number of nitrogens with one attached hydrogen (secondary N) is 1. The molecule has 0 fully saturated rings. The van der Waals surface area contributed by atoms with Gasteiger partial charge in [-0.1, -0.05) is 6.07 Å². The van der Waals surface area contributed by atoms with Crippen molar-refractivity contribution in [3.05, 3.63) is 28.8 Å². The number of anilines is 1. The van der Waals surface area contributed by atoms with Crippen LogP contribution in [0.2, 0.25) is 0 Å². The maximum atomic E-state index is 11.8. The number of aryl methyl sites for hydroxylation is 1. The number of aliphatic hydroxyl groups excluding tert-OH is 2. The van der Waals surface area contributed by atoms with Crippen LogP contribution in [0.15, 0.2) is 12.1 Å². The molecular weight excluding hydrogens is 264 g/mol. The van der Waals surface area contributed by atoms with E-state index < -0.39 is 36.2 Å². The molecule has 2 unspecified atom stereocenters. The van der Waals surface area contributed by atoms with Crippen molar-refractivity contribution >= 4 is 23.3 Å². The number of hydrogen-bond acceptors (Lipinski definition) is 5. The summed E-state index contributed by atoms with van der Waals surface area (Å²) in [6, 6.07) is 3.15. The molecule has 0 bridgehead atoms. The van der Waals surface area contributed by atoms with Crippen molar-refractivity contribution in [2.75, 3.05) is 5.32 Å². The Bertz CT molecular complexity index is 611. The first-order valence-electron chi connectivity index (χ1n) is 5.96. The van der Waals surface area contributed by atoms with Gasteiger partial charge in [0.05, 0.1) is 23.8 Å². The first-order valence-corrected chi connectivity index (χ1v) is 5.96. The number of Topliss-reactive ketones (excluding diaryl/α,β-unsaturated/α-hetero) is 1. The number of amides is 2. The van der Waals surface area contributed by atoms with E-state index in [9.17, 15) is 24.6 Å². The highest BCUT2D eigenvalue weighted by atomic mass is 16.3. The smallest absolute Gasteiger partial charge is 0.296 e. The molecule has 2 amide bonds. The van der Waals surface area contributed by atoms with E-state index in [0.717, 1.165) is 0 Å². The van der Waals surface area contributed by atoms with Crippen molar-refractivity contribution in [2.45, 2.75) is 25.6 Å². The van der Waals surface area contributed by atoms with Crippen molar-refractivity contribution in [3.63, 3.8) is 0 Å². The Hall–Kier alpha value is -2.25. The Morgan fingerprint density at radius 3 is 2.60 bits per heavy atom. The molecule has 1 aliphatic heterocycles. The van der Waals surface area contributed by atoms with E-state index in [1.165, 1.54) is 0 Å². The highest BCUT2D eigenvalue weighted by molar-refractivity contribution is 6.52. The zero-order valence-corrected chi connectivity index (χ0v) is 10.7. The summed E-state index contributed by atoms with van der Waals surface area (Å²) < 4.78 is 0. The molecule has 1 heterocycles. The third-order valence-corrected chi connectivity index (χ3v) is 3.22. The number of nitrogens with two attached hydrogens (primary N) is 1. The van der Waals surface area contributed by atoms with Crippen molar-refractivity contribution in [2.24, 2.45) is 5.73 Å². The molecule has 1 aromatic carbocycles. The normalized spacial score (nSPS) is 16.6. The lowest BCUT2D eigenvalue weighted by Crippen LogP contribution is -2.27. The average Bonchev–Trinajstić information content (AvgIpc) is 2.64. The molecule has 1 aliphatic rings.